The van der Waals surface area contributed by atoms with E-state index in [2.05, 4.69) is 50.1 Å². The van der Waals surface area contributed by atoms with Crippen LogP contribution in [0.3, 0.4) is 0 Å². The minimum absolute atomic E-state index is 0. The molecule has 1 saturated heterocycles. The van der Waals surface area contributed by atoms with Gasteiger partial charge in [-0.15, -0.1) is 12.4 Å². The predicted octanol–water partition coefficient (Wildman–Crippen LogP) is 3.79. The van der Waals surface area contributed by atoms with Crippen LogP contribution in [0.5, 0.6) is 0 Å². The molecule has 1 heterocycles. The smallest absolute Gasteiger partial charge is 0.00923 e. The molecule has 96 valence electrons. The van der Waals surface area contributed by atoms with Crippen LogP contribution in [0.4, 0.5) is 0 Å². The average Bonchev–Trinajstić information content (AvgIpc) is 2.62. The van der Waals surface area contributed by atoms with Gasteiger partial charge in [0.05, 0.1) is 0 Å². The molecule has 1 nitrogen and oxygen atoms in total. The molecule has 0 N–H and O–H groups in total. The van der Waals surface area contributed by atoms with E-state index in [9.17, 15) is 0 Å². The zero-order valence-electron chi connectivity index (χ0n) is 11.2. The lowest BCUT2D eigenvalue weighted by Crippen LogP contribution is -2.29. The number of likely N-dealkylation sites (tertiary alicyclic amines) is 1. The monoisotopic (exact) mass is 253 g/mol. The van der Waals surface area contributed by atoms with Crippen LogP contribution in [0.25, 0.3) is 0 Å². The summed E-state index contributed by atoms with van der Waals surface area (Å²) < 4.78 is 0. The first kappa shape index (κ1) is 14.5. The summed E-state index contributed by atoms with van der Waals surface area (Å²) >= 11 is 0. The molecule has 1 unspecified atom stereocenters. The molecule has 1 aromatic carbocycles. The average molecular weight is 254 g/mol. The fraction of sp³-hybridized carbons (Fsp3) is 0.600. The van der Waals surface area contributed by atoms with Gasteiger partial charge in [-0.1, -0.05) is 43.2 Å². The number of rotatable bonds is 3. The second-order valence-electron chi connectivity index (χ2n) is 5.39. The Balaban J connectivity index is 0.00000144. The van der Waals surface area contributed by atoms with Gasteiger partial charge in [-0.25, -0.2) is 0 Å². The van der Waals surface area contributed by atoms with E-state index in [0.29, 0.717) is 5.41 Å². The van der Waals surface area contributed by atoms with Gasteiger partial charge in [0, 0.05) is 12.0 Å². The summed E-state index contributed by atoms with van der Waals surface area (Å²) in [6.07, 6.45) is 3.92. The number of likely N-dealkylation sites (N-methyl/N-ethyl adjacent to an activating group) is 1. The molecule has 1 aliphatic rings. The molecule has 2 heteroatoms. The lowest BCUT2D eigenvalue weighted by molar-refractivity contribution is 0.351. The van der Waals surface area contributed by atoms with Crippen molar-refractivity contribution in [3.63, 3.8) is 0 Å². The van der Waals surface area contributed by atoms with E-state index >= 15 is 0 Å². The van der Waals surface area contributed by atoms with E-state index in [1.54, 1.807) is 5.56 Å². The van der Waals surface area contributed by atoms with Gasteiger partial charge in [-0.05, 0) is 38.9 Å². The maximum absolute atomic E-state index is 2.47. The highest BCUT2D eigenvalue weighted by molar-refractivity contribution is 5.85. The molecule has 0 spiro atoms. The van der Waals surface area contributed by atoms with Crippen molar-refractivity contribution in [2.45, 2.75) is 38.5 Å². The Hall–Kier alpha value is -0.530. The second-order valence-corrected chi connectivity index (χ2v) is 5.39. The van der Waals surface area contributed by atoms with Crippen LogP contribution >= 0.6 is 12.4 Å². The van der Waals surface area contributed by atoms with Crippen molar-refractivity contribution in [1.82, 2.24) is 4.90 Å². The van der Waals surface area contributed by atoms with E-state index < -0.39 is 0 Å². The van der Waals surface area contributed by atoms with Crippen molar-refractivity contribution in [3.8, 4) is 0 Å². The fourth-order valence-corrected chi connectivity index (χ4v) is 3.12. The number of benzene rings is 1. The number of halogens is 1. The standard InChI is InChI=1S/C15H23N.ClH/c1-4-8-15(9-10-16(3)12-15)14-7-5-6-13(2)11-14;/h5-7,11H,4,8-10,12H2,1-3H3;1H. The minimum Gasteiger partial charge on any atom is -0.305 e. The summed E-state index contributed by atoms with van der Waals surface area (Å²) in [7, 11) is 2.24. The van der Waals surface area contributed by atoms with Crippen LogP contribution in [-0.4, -0.2) is 25.0 Å². The molecular formula is C15H24ClN. The van der Waals surface area contributed by atoms with Crippen LogP contribution in [-0.2, 0) is 5.41 Å². The molecule has 2 rings (SSSR count). The fourth-order valence-electron chi connectivity index (χ4n) is 3.12. The van der Waals surface area contributed by atoms with E-state index in [-0.39, 0.29) is 12.4 Å². The summed E-state index contributed by atoms with van der Waals surface area (Å²) in [4.78, 5) is 2.47. The zero-order chi connectivity index (χ0) is 11.6. The highest BCUT2D eigenvalue weighted by Gasteiger charge is 2.37. The van der Waals surface area contributed by atoms with Crippen LogP contribution in [0.15, 0.2) is 24.3 Å². The molecule has 0 radical (unpaired) electrons. The first-order valence-electron chi connectivity index (χ1n) is 6.42. The third-order valence-electron chi connectivity index (χ3n) is 3.90. The molecule has 0 aliphatic carbocycles. The molecule has 1 aromatic rings. The minimum atomic E-state index is 0. The van der Waals surface area contributed by atoms with Crippen molar-refractivity contribution >= 4 is 12.4 Å². The van der Waals surface area contributed by atoms with Gasteiger partial charge in [-0.3, -0.25) is 0 Å². The maximum atomic E-state index is 2.47. The Morgan fingerprint density at radius 2 is 2.12 bits per heavy atom. The summed E-state index contributed by atoms with van der Waals surface area (Å²) in [5.74, 6) is 0. The summed E-state index contributed by atoms with van der Waals surface area (Å²) in [5.41, 5.74) is 3.37. The molecule has 0 saturated carbocycles. The Morgan fingerprint density at radius 1 is 1.35 bits per heavy atom. The number of aryl methyl sites for hydroxylation is 1. The van der Waals surface area contributed by atoms with E-state index in [0.717, 1.165) is 0 Å². The zero-order valence-corrected chi connectivity index (χ0v) is 12.0. The highest BCUT2D eigenvalue weighted by Crippen LogP contribution is 2.38. The van der Waals surface area contributed by atoms with Gasteiger partial charge in [0.25, 0.3) is 0 Å². The summed E-state index contributed by atoms with van der Waals surface area (Å²) in [6, 6.07) is 9.11. The number of hydrogen-bond acceptors (Lipinski definition) is 1. The lowest BCUT2D eigenvalue weighted by Gasteiger charge is -2.29. The van der Waals surface area contributed by atoms with Crippen LogP contribution in [0, 0.1) is 6.92 Å². The normalized spacial score (nSPS) is 24.6. The topological polar surface area (TPSA) is 3.24 Å². The van der Waals surface area contributed by atoms with Crippen molar-refractivity contribution in [1.29, 1.82) is 0 Å². The Bertz CT molecular complexity index is 360. The molecule has 1 fully saturated rings. The molecule has 17 heavy (non-hydrogen) atoms. The second kappa shape index (κ2) is 5.88. The third-order valence-corrected chi connectivity index (χ3v) is 3.90. The van der Waals surface area contributed by atoms with Crippen LogP contribution < -0.4 is 0 Å². The molecule has 1 aliphatic heterocycles. The molecular weight excluding hydrogens is 230 g/mol. The Kier molecular flexibility index (Phi) is 5.03. The highest BCUT2D eigenvalue weighted by atomic mass is 35.5. The quantitative estimate of drug-likeness (QED) is 0.792. The van der Waals surface area contributed by atoms with Gasteiger partial charge in [0.1, 0.15) is 0 Å². The van der Waals surface area contributed by atoms with Crippen LogP contribution in [0.1, 0.15) is 37.3 Å². The van der Waals surface area contributed by atoms with Crippen LogP contribution in [0.2, 0.25) is 0 Å². The Labute approximate surface area is 112 Å². The van der Waals surface area contributed by atoms with Gasteiger partial charge < -0.3 is 4.90 Å². The predicted molar refractivity (Wildman–Crippen MR) is 77.1 cm³/mol. The maximum Gasteiger partial charge on any atom is 0.00923 e. The van der Waals surface area contributed by atoms with E-state index in [4.69, 9.17) is 0 Å². The van der Waals surface area contributed by atoms with Gasteiger partial charge in [0.2, 0.25) is 0 Å². The SMILES string of the molecule is CCCC1(c2cccc(C)c2)CCN(C)C1.Cl. The molecule has 1 atom stereocenters. The number of nitrogens with zero attached hydrogens (tertiary/aromatic N) is 1. The number of hydrogen-bond donors (Lipinski definition) is 0. The van der Waals surface area contributed by atoms with Crippen molar-refractivity contribution < 1.29 is 0 Å². The van der Waals surface area contributed by atoms with E-state index in [1.165, 1.54) is 37.9 Å². The van der Waals surface area contributed by atoms with Crippen molar-refractivity contribution in [2.75, 3.05) is 20.1 Å². The molecule has 0 bridgehead atoms. The largest absolute Gasteiger partial charge is 0.305 e. The van der Waals surface area contributed by atoms with Gasteiger partial charge >= 0.3 is 0 Å². The first-order chi connectivity index (χ1) is 7.66. The summed E-state index contributed by atoms with van der Waals surface area (Å²) in [5, 5.41) is 0. The van der Waals surface area contributed by atoms with Gasteiger partial charge in [0.15, 0.2) is 0 Å². The lowest BCUT2D eigenvalue weighted by atomic mass is 9.76. The van der Waals surface area contributed by atoms with Crippen molar-refractivity contribution in [2.24, 2.45) is 0 Å². The molecule has 0 aromatic heterocycles. The first-order valence-corrected chi connectivity index (χ1v) is 6.42. The van der Waals surface area contributed by atoms with Gasteiger partial charge in [-0.2, -0.15) is 0 Å². The van der Waals surface area contributed by atoms with E-state index in [1.807, 2.05) is 0 Å². The molecule has 0 amide bonds. The van der Waals surface area contributed by atoms with Crippen molar-refractivity contribution in [3.05, 3.63) is 35.4 Å². The Morgan fingerprint density at radius 3 is 2.65 bits per heavy atom. The third kappa shape index (κ3) is 3.02. The summed E-state index contributed by atoms with van der Waals surface area (Å²) in [6.45, 7) is 6.97.